The van der Waals surface area contributed by atoms with Gasteiger partial charge in [0.1, 0.15) is 23.7 Å². The number of likely N-dealkylation sites (tertiary alicyclic amines) is 1. The van der Waals surface area contributed by atoms with Crippen LogP contribution in [0.25, 0.3) is 0 Å². The lowest BCUT2D eigenvalue weighted by Gasteiger charge is -2.35. The van der Waals surface area contributed by atoms with E-state index in [0.717, 1.165) is 24.0 Å². The quantitative estimate of drug-likeness (QED) is 0.136. The highest BCUT2D eigenvalue weighted by Gasteiger charge is 2.51. The Morgan fingerprint density at radius 1 is 0.942 bits per heavy atom. The monoisotopic (exact) mass is 719 g/mol. The minimum absolute atomic E-state index is 0.0911. The van der Waals surface area contributed by atoms with Crippen LogP contribution in [0.5, 0.6) is 0 Å². The predicted octanol–water partition coefficient (Wildman–Crippen LogP) is 3.76. The molecule has 2 aliphatic carbocycles. The molecule has 1 saturated heterocycles. The van der Waals surface area contributed by atoms with E-state index in [-0.39, 0.29) is 24.8 Å². The molecule has 0 bridgehead atoms. The molecule has 0 radical (unpaired) electrons. The second kappa shape index (κ2) is 15.2. The lowest BCUT2D eigenvalue weighted by molar-refractivity contribution is -0.160. The molecule has 1 heterocycles. The van der Waals surface area contributed by atoms with Crippen LogP contribution in [0.4, 0.5) is 4.79 Å². The molecule has 12 nitrogen and oxygen atoms in total. The molecule has 5 amide bonds. The highest BCUT2D eigenvalue weighted by molar-refractivity contribution is 6.37. The van der Waals surface area contributed by atoms with Gasteiger partial charge in [0.25, 0.3) is 5.91 Å². The normalized spacial score (nSPS) is 21.0. The first-order valence-electron chi connectivity index (χ1n) is 18.2. The number of urea groups is 1. The molecule has 2 fully saturated rings. The van der Waals surface area contributed by atoms with E-state index in [1.165, 1.54) is 4.90 Å². The average Bonchev–Trinajstić information content (AvgIpc) is 3.63. The summed E-state index contributed by atoms with van der Waals surface area (Å²) in [6.07, 6.45) is 4.74. The maximum atomic E-state index is 15.0. The molecule has 4 rings (SSSR count). The lowest BCUT2D eigenvalue weighted by Crippen LogP contribution is -2.61. The fraction of sp³-hybridized carbons (Fsp3) is 0.600. The van der Waals surface area contributed by atoms with Gasteiger partial charge in [-0.05, 0) is 79.4 Å². The number of rotatable bonds is 13. The fourth-order valence-corrected chi connectivity index (χ4v) is 7.23. The van der Waals surface area contributed by atoms with Crippen molar-refractivity contribution < 1.29 is 33.5 Å². The van der Waals surface area contributed by atoms with Gasteiger partial charge in [-0.2, -0.15) is 0 Å². The number of fused-ring (bicyclic) bond motifs is 1. The summed E-state index contributed by atoms with van der Waals surface area (Å²) in [5, 5.41) is 8.40. The molecule has 284 valence electrons. The molecule has 1 aliphatic heterocycles. The van der Waals surface area contributed by atoms with Crippen LogP contribution in [0.3, 0.4) is 0 Å². The number of nitrogens with zero attached hydrogens (tertiary/aromatic N) is 1. The molecule has 1 aromatic carbocycles. The molecule has 0 aromatic heterocycles. The molecule has 1 aromatic rings. The van der Waals surface area contributed by atoms with Gasteiger partial charge in [-0.1, -0.05) is 84.4 Å². The number of nitrogens with two attached hydrogens (primary N) is 1. The zero-order valence-corrected chi connectivity index (χ0v) is 32.0. The number of benzene rings is 1. The molecule has 5 N–H and O–H groups in total. The number of nitrogens with one attached hydrogen (secondary N) is 3. The highest BCUT2D eigenvalue weighted by Crippen LogP contribution is 2.42. The zero-order chi connectivity index (χ0) is 38.9. The van der Waals surface area contributed by atoms with Crippen molar-refractivity contribution in [2.45, 2.75) is 117 Å². The van der Waals surface area contributed by atoms with Crippen LogP contribution in [0.1, 0.15) is 85.8 Å². The summed E-state index contributed by atoms with van der Waals surface area (Å²) in [6, 6.07) is 2.57. The maximum absolute atomic E-state index is 15.0. The largest absolute Gasteiger partial charge is 0.458 e. The summed E-state index contributed by atoms with van der Waals surface area (Å²) in [4.78, 5) is 82.5. The van der Waals surface area contributed by atoms with E-state index in [0.29, 0.717) is 18.4 Å². The number of carbonyl (C=O) groups is 6. The summed E-state index contributed by atoms with van der Waals surface area (Å²) < 4.78 is 5.63. The topological polar surface area (TPSA) is 177 Å². The van der Waals surface area contributed by atoms with Gasteiger partial charge in [-0.25, -0.2) is 9.59 Å². The van der Waals surface area contributed by atoms with E-state index in [4.69, 9.17) is 10.5 Å². The van der Waals surface area contributed by atoms with Crippen LogP contribution in [-0.2, 0) is 41.6 Å². The van der Waals surface area contributed by atoms with Crippen molar-refractivity contribution in [3.63, 3.8) is 0 Å². The van der Waals surface area contributed by atoms with Gasteiger partial charge in [0.05, 0.1) is 6.04 Å². The summed E-state index contributed by atoms with van der Waals surface area (Å²) in [7, 11) is 0. The van der Waals surface area contributed by atoms with E-state index in [9.17, 15) is 28.8 Å². The zero-order valence-electron chi connectivity index (χ0n) is 32.0. The van der Waals surface area contributed by atoms with Gasteiger partial charge in [-0.15, -0.1) is 6.58 Å². The van der Waals surface area contributed by atoms with Crippen LogP contribution >= 0.6 is 0 Å². The minimum Gasteiger partial charge on any atom is -0.458 e. The Bertz CT molecular complexity index is 1590. The van der Waals surface area contributed by atoms with Crippen LogP contribution < -0.4 is 21.7 Å². The smallest absolute Gasteiger partial charge is 0.329 e. The Kier molecular flexibility index (Phi) is 11.8. The molecule has 5 atom stereocenters. The number of hydrogen-bond acceptors (Lipinski definition) is 7. The Labute approximate surface area is 307 Å². The Hall–Kier alpha value is -4.48. The first kappa shape index (κ1) is 40.3. The van der Waals surface area contributed by atoms with Gasteiger partial charge in [0, 0.05) is 12.5 Å². The highest BCUT2D eigenvalue weighted by atomic mass is 16.6. The third kappa shape index (κ3) is 9.49. The van der Waals surface area contributed by atoms with Crippen molar-refractivity contribution in [1.29, 1.82) is 0 Å². The van der Waals surface area contributed by atoms with Crippen molar-refractivity contribution in [2.24, 2.45) is 34.3 Å². The van der Waals surface area contributed by atoms with Gasteiger partial charge < -0.3 is 31.3 Å². The second-order valence-corrected chi connectivity index (χ2v) is 17.4. The fourth-order valence-electron chi connectivity index (χ4n) is 7.23. The van der Waals surface area contributed by atoms with Crippen molar-refractivity contribution in [3.05, 3.63) is 60.2 Å². The number of primary amides is 1. The van der Waals surface area contributed by atoms with Gasteiger partial charge >= 0.3 is 12.0 Å². The Morgan fingerprint density at radius 2 is 1.52 bits per heavy atom. The summed E-state index contributed by atoms with van der Waals surface area (Å²) >= 11 is 0. The molecule has 12 heteroatoms. The summed E-state index contributed by atoms with van der Waals surface area (Å²) in [5.74, 6) is -4.43. The molecule has 52 heavy (non-hydrogen) atoms. The predicted molar refractivity (Wildman–Crippen MR) is 197 cm³/mol. The first-order valence-corrected chi connectivity index (χ1v) is 18.2. The van der Waals surface area contributed by atoms with E-state index < -0.39 is 82.0 Å². The summed E-state index contributed by atoms with van der Waals surface area (Å²) in [5.41, 5.74) is 5.79. The van der Waals surface area contributed by atoms with Crippen LogP contribution in [-0.4, -0.2) is 76.7 Å². The van der Waals surface area contributed by atoms with E-state index >= 15 is 0 Å². The average molecular weight is 720 g/mol. The molecule has 3 aliphatic rings. The van der Waals surface area contributed by atoms with Crippen molar-refractivity contribution in [2.75, 3.05) is 6.54 Å². The van der Waals surface area contributed by atoms with Gasteiger partial charge in [0.2, 0.25) is 17.6 Å². The molecular formula is C40H57N5O7. The SMILES string of the molecule is C=CC(C)(C)[C@H]1CN(C(=O)[C@@H](NC(=O)N[C@H](C(=O)OC(C)(C)C)C(C)(C)C)C2Cc3ccccc3C2)[C@H](C(=O)NC(CC2CC2)C(=O)C(N)=O)C1=C. The van der Waals surface area contributed by atoms with E-state index in [1.807, 2.05) is 38.1 Å². The van der Waals surface area contributed by atoms with Crippen molar-refractivity contribution in [3.8, 4) is 0 Å². The van der Waals surface area contributed by atoms with Crippen LogP contribution in [0, 0.1) is 28.6 Å². The standard InChI is InChI=1S/C40H57N5O7/c1-11-40(9,10)27-21-45(30(22(27)2)34(48)42-28(18-23-16-17-23)31(46)33(41)47)35(49)29(26-19-24-14-12-13-15-25(24)20-26)43-37(51)44-32(38(3,4)5)36(50)52-39(6,7)8/h11-15,23,26-30,32H,1-2,16-21H2,3-10H3,(H2,41,47)(H,42,48)(H2,43,44,51)/t27-,28?,29-,30-,32+/m0/s1. The van der Waals surface area contributed by atoms with Gasteiger partial charge in [0.15, 0.2) is 0 Å². The number of hydrogen-bond donors (Lipinski definition) is 4. The lowest BCUT2D eigenvalue weighted by atomic mass is 9.75. The van der Waals surface area contributed by atoms with E-state index in [2.05, 4.69) is 29.1 Å². The Morgan fingerprint density at radius 3 is 2.00 bits per heavy atom. The van der Waals surface area contributed by atoms with Crippen molar-refractivity contribution >= 4 is 35.5 Å². The number of esters is 1. The summed E-state index contributed by atoms with van der Waals surface area (Å²) in [6.45, 7) is 22.9. The molecule has 1 saturated carbocycles. The number of ether oxygens (including phenoxy) is 1. The number of allylic oxidation sites excluding steroid dienone is 1. The van der Waals surface area contributed by atoms with Crippen LogP contribution in [0.15, 0.2) is 49.1 Å². The van der Waals surface area contributed by atoms with E-state index in [1.54, 1.807) is 47.6 Å². The third-order valence-electron chi connectivity index (χ3n) is 10.5. The number of amides is 5. The number of carbonyl (C=O) groups excluding carboxylic acids is 6. The maximum Gasteiger partial charge on any atom is 0.329 e. The van der Waals surface area contributed by atoms with Gasteiger partial charge in [-0.3, -0.25) is 19.2 Å². The third-order valence-corrected chi connectivity index (χ3v) is 10.5. The van der Waals surface area contributed by atoms with Crippen molar-refractivity contribution in [1.82, 2.24) is 20.9 Å². The first-order chi connectivity index (χ1) is 24.0. The molecule has 0 spiro atoms. The second-order valence-electron chi connectivity index (χ2n) is 17.4. The number of ketones is 1. The van der Waals surface area contributed by atoms with Crippen LogP contribution in [0.2, 0.25) is 0 Å². The minimum atomic E-state index is -1.21. The molecule has 1 unspecified atom stereocenters. The Balaban J connectivity index is 1.70. The molecular weight excluding hydrogens is 662 g/mol. The number of Topliss-reactive ketones (excluding diaryl/α,β-unsaturated/α-hetero) is 1.